The number of aromatic carboxylic acids is 1. The fourth-order valence-electron chi connectivity index (χ4n) is 1.29. The summed E-state index contributed by atoms with van der Waals surface area (Å²) in [6.07, 6.45) is 3.19. The smallest absolute Gasteiger partial charge is 0.335 e. The summed E-state index contributed by atoms with van der Waals surface area (Å²) in [7, 11) is 0. The van der Waals surface area contributed by atoms with E-state index < -0.39 is 5.97 Å². The molecule has 2 aromatic rings. The van der Waals surface area contributed by atoms with E-state index in [1.165, 1.54) is 12.1 Å². The van der Waals surface area contributed by atoms with E-state index >= 15 is 0 Å². The van der Waals surface area contributed by atoms with Crippen LogP contribution in [0.2, 0.25) is 0 Å². The lowest BCUT2D eigenvalue weighted by Crippen LogP contribution is -1.96. The van der Waals surface area contributed by atoms with Crippen molar-refractivity contribution in [2.75, 3.05) is 5.73 Å². The van der Waals surface area contributed by atoms with Gasteiger partial charge in [-0.2, -0.15) is 0 Å². The number of carboxylic acid groups (broad SMARTS) is 1. The summed E-state index contributed by atoms with van der Waals surface area (Å²) in [5, 5.41) is 8.74. The second kappa shape index (κ2) is 3.98. The Morgan fingerprint density at radius 2 is 1.62 bits per heavy atom. The van der Waals surface area contributed by atoms with Gasteiger partial charge in [-0.05, 0) is 17.7 Å². The molecule has 3 N–H and O–H groups in total. The van der Waals surface area contributed by atoms with E-state index in [4.69, 9.17) is 10.8 Å². The molecule has 80 valence electrons. The number of carbonyl (C=O) groups is 1. The monoisotopic (exact) mass is 215 g/mol. The van der Waals surface area contributed by atoms with Gasteiger partial charge in [-0.25, -0.2) is 14.8 Å². The number of hydrogen-bond donors (Lipinski definition) is 2. The Morgan fingerprint density at radius 1 is 1.06 bits per heavy atom. The van der Waals surface area contributed by atoms with Gasteiger partial charge in [-0.15, -0.1) is 0 Å². The van der Waals surface area contributed by atoms with Crippen molar-refractivity contribution in [2.45, 2.75) is 0 Å². The predicted octanol–water partition coefficient (Wildman–Crippen LogP) is 1.42. The van der Waals surface area contributed by atoms with Crippen LogP contribution < -0.4 is 5.73 Å². The van der Waals surface area contributed by atoms with Gasteiger partial charge in [0, 0.05) is 18.0 Å². The van der Waals surface area contributed by atoms with Crippen LogP contribution in [0.15, 0.2) is 36.7 Å². The highest BCUT2D eigenvalue weighted by Gasteiger charge is 2.03. The van der Waals surface area contributed by atoms with Crippen molar-refractivity contribution in [3.8, 4) is 11.1 Å². The van der Waals surface area contributed by atoms with Gasteiger partial charge < -0.3 is 10.8 Å². The van der Waals surface area contributed by atoms with E-state index in [0.29, 0.717) is 0 Å². The van der Waals surface area contributed by atoms with Crippen molar-refractivity contribution < 1.29 is 9.90 Å². The quantitative estimate of drug-likeness (QED) is 0.790. The minimum Gasteiger partial charge on any atom is -0.478 e. The summed E-state index contributed by atoms with van der Waals surface area (Å²) in [5.74, 6) is -0.731. The van der Waals surface area contributed by atoms with Crippen LogP contribution in [0.1, 0.15) is 10.4 Å². The van der Waals surface area contributed by atoms with Gasteiger partial charge in [-0.1, -0.05) is 12.1 Å². The Hall–Kier alpha value is -2.43. The summed E-state index contributed by atoms with van der Waals surface area (Å²) in [6, 6.07) is 6.48. The second-order valence-corrected chi connectivity index (χ2v) is 3.21. The molecule has 1 aromatic carbocycles. The zero-order valence-electron chi connectivity index (χ0n) is 8.29. The number of nitrogen functional groups attached to an aromatic ring is 1. The molecule has 0 unspecified atom stereocenters. The van der Waals surface area contributed by atoms with Crippen LogP contribution in [0.25, 0.3) is 11.1 Å². The molecule has 0 aliphatic carbocycles. The third-order valence-corrected chi connectivity index (χ3v) is 2.14. The molecule has 0 atom stereocenters. The van der Waals surface area contributed by atoms with Crippen LogP contribution in [0.5, 0.6) is 0 Å². The minimum atomic E-state index is -0.944. The zero-order valence-corrected chi connectivity index (χ0v) is 8.29. The Bertz CT molecular complexity index is 506. The average Bonchev–Trinajstić information content (AvgIpc) is 2.30. The molecule has 0 spiro atoms. The van der Waals surface area contributed by atoms with E-state index in [2.05, 4.69) is 9.97 Å². The molecule has 5 nitrogen and oxygen atoms in total. The molecule has 0 aliphatic rings. The summed E-state index contributed by atoms with van der Waals surface area (Å²) in [4.78, 5) is 18.4. The van der Waals surface area contributed by atoms with E-state index in [-0.39, 0.29) is 11.5 Å². The molecule has 5 heteroatoms. The van der Waals surface area contributed by atoms with E-state index in [1.54, 1.807) is 24.5 Å². The molecular weight excluding hydrogens is 206 g/mol. The van der Waals surface area contributed by atoms with Crippen molar-refractivity contribution in [1.82, 2.24) is 9.97 Å². The van der Waals surface area contributed by atoms with Gasteiger partial charge in [0.2, 0.25) is 5.95 Å². The first-order valence-electron chi connectivity index (χ1n) is 4.58. The molecule has 0 aliphatic heterocycles. The number of nitrogens with two attached hydrogens (primary N) is 1. The molecule has 0 fully saturated rings. The van der Waals surface area contributed by atoms with Gasteiger partial charge in [-0.3, -0.25) is 0 Å². The molecular formula is C11H9N3O2. The Balaban J connectivity index is 2.34. The third-order valence-electron chi connectivity index (χ3n) is 2.14. The van der Waals surface area contributed by atoms with Gasteiger partial charge in [0.25, 0.3) is 0 Å². The number of nitrogens with zero attached hydrogens (tertiary/aromatic N) is 2. The van der Waals surface area contributed by atoms with Crippen molar-refractivity contribution in [2.24, 2.45) is 0 Å². The van der Waals surface area contributed by atoms with Gasteiger partial charge in [0.05, 0.1) is 5.56 Å². The SMILES string of the molecule is Nc1ncc(-c2ccc(C(=O)O)cc2)cn1. The highest BCUT2D eigenvalue weighted by molar-refractivity contribution is 5.88. The molecule has 1 heterocycles. The van der Waals surface area contributed by atoms with Gasteiger partial charge >= 0.3 is 5.97 Å². The number of rotatable bonds is 2. The first-order valence-corrected chi connectivity index (χ1v) is 4.58. The Labute approximate surface area is 91.6 Å². The molecule has 0 saturated heterocycles. The van der Waals surface area contributed by atoms with Crippen LogP contribution in [0.3, 0.4) is 0 Å². The minimum absolute atomic E-state index is 0.214. The van der Waals surface area contributed by atoms with Gasteiger partial charge in [0.1, 0.15) is 0 Å². The topological polar surface area (TPSA) is 89.1 Å². The largest absolute Gasteiger partial charge is 0.478 e. The van der Waals surface area contributed by atoms with Crippen LogP contribution >= 0.6 is 0 Å². The number of aromatic nitrogens is 2. The predicted molar refractivity (Wildman–Crippen MR) is 58.8 cm³/mol. The molecule has 0 saturated carbocycles. The summed E-state index contributed by atoms with van der Waals surface area (Å²) in [6.45, 7) is 0. The van der Waals surface area contributed by atoms with E-state index in [9.17, 15) is 4.79 Å². The maximum atomic E-state index is 10.7. The third kappa shape index (κ3) is 1.98. The molecule has 0 bridgehead atoms. The Morgan fingerprint density at radius 3 is 2.12 bits per heavy atom. The van der Waals surface area contributed by atoms with Crippen LogP contribution in [0, 0.1) is 0 Å². The number of carboxylic acids is 1. The molecule has 1 aromatic heterocycles. The number of anilines is 1. The fraction of sp³-hybridized carbons (Fsp3) is 0. The molecule has 0 amide bonds. The normalized spacial score (nSPS) is 10.0. The highest BCUT2D eigenvalue weighted by atomic mass is 16.4. The van der Waals surface area contributed by atoms with Crippen molar-refractivity contribution in [3.05, 3.63) is 42.2 Å². The maximum absolute atomic E-state index is 10.7. The zero-order chi connectivity index (χ0) is 11.5. The lowest BCUT2D eigenvalue weighted by Gasteiger charge is -2.01. The maximum Gasteiger partial charge on any atom is 0.335 e. The molecule has 0 radical (unpaired) electrons. The lowest BCUT2D eigenvalue weighted by molar-refractivity contribution is 0.0697. The second-order valence-electron chi connectivity index (χ2n) is 3.21. The number of benzene rings is 1. The average molecular weight is 215 g/mol. The summed E-state index contributed by atoms with van der Waals surface area (Å²) in [5.41, 5.74) is 7.27. The molecule has 2 rings (SSSR count). The highest BCUT2D eigenvalue weighted by Crippen LogP contribution is 2.18. The fourth-order valence-corrected chi connectivity index (χ4v) is 1.29. The lowest BCUT2D eigenvalue weighted by atomic mass is 10.1. The van der Waals surface area contributed by atoms with E-state index in [1.807, 2.05) is 0 Å². The van der Waals surface area contributed by atoms with Crippen LogP contribution in [-0.4, -0.2) is 21.0 Å². The van der Waals surface area contributed by atoms with E-state index in [0.717, 1.165) is 11.1 Å². The molecule has 16 heavy (non-hydrogen) atoms. The number of hydrogen-bond acceptors (Lipinski definition) is 4. The van der Waals surface area contributed by atoms with Crippen molar-refractivity contribution in [3.63, 3.8) is 0 Å². The first-order chi connectivity index (χ1) is 7.66. The van der Waals surface area contributed by atoms with Gasteiger partial charge in [0.15, 0.2) is 0 Å². The summed E-state index contributed by atoms with van der Waals surface area (Å²) >= 11 is 0. The standard InChI is InChI=1S/C11H9N3O2/c12-11-13-5-9(6-14-11)7-1-3-8(4-2-7)10(15)16/h1-6H,(H,15,16)(H2,12,13,14). The van der Waals surface area contributed by atoms with Crippen LogP contribution in [0.4, 0.5) is 5.95 Å². The first kappa shape index (κ1) is 10.1. The van der Waals surface area contributed by atoms with Crippen molar-refractivity contribution >= 4 is 11.9 Å². The van der Waals surface area contributed by atoms with Crippen LogP contribution in [-0.2, 0) is 0 Å². The summed E-state index contributed by atoms with van der Waals surface area (Å²) < 4.78 is 0. The van der Waals surface area contributed by atoms with Crippen molar-refractivity contribution in [1.29, 1.82) is 0 Å². The Kier molecular flexibility index (Phi) is 2.51.